The van der Waals surface area contributed by atoms with E-state index in [-0.39, 0.29) is 5.78 Å². The van der Waals surface area contributed by atoms with Crippen molar-refractivity contribution >= 4 is 17.5 Å². The number of aryl methyl sites for hydroxylation is 1. The topological polar surface area (TPSA) is 52.1 Å². The van der Waals surface area contributed by atoms with Gasteiger partial charge in [-0.1, -0.05) is 17.7 Å². The van der Waals surface area contributed by atoms with Crippen LogP contribution in [0.1, 0.15) is 28.9 Å². The number of hydrogen-bond donors (Lipinski definition) is 0. The maximum Gasteiger partial charge on any atom is 0.187 e. The third-order valence-electron chi connectivity index (χ3n) is 2.61. The molecule has 0 bridgehead atoms. The van der Waals surface area contributed by atoms with Crippen molar-refractivity contribution in [2.45, 2.75) is 24.4 Å². The van der Waals surface area contributed by atoms with Crippen LogP contribution < -0.4 is 0 Å². The number of nitrogens with zero attached hydrogens (tertiary/aromatic N) is 2. The van der Waals surface area contributed by atoms with Crippen molar-refractivity contribution in [1.29, 1.82) is 0 Å². The fourth-order valence-electron chi connectivity index (χ4n) is 1.77. The molecule has 0 N–H and O–H groups in total. The minimum absolute atomic E-state index is 0.158. The number of Topliss-reactive ketones (excluding diaryl/α,β-unsaturated/α-hetero) is 1. The molecule has 0 unspecified atom stereocenters. The molecule has 0 saturated heterocycles. The van der Waals surface area contributed by atoms with Crippen molar-refractivity contribution in [3.63, 3.8) is 0 Å². The van der Waals surface area contributed by atoms with Crippen molar-refractivity contribution in [3.05, 3.63) is 17.5 Å². The van der Waals surface area contributed by atoms with E-state index in [1.807, 2.05) is 0 Å². The average Bonchev–Trinajstić information content (AvgIpc) is 2.39. The summed E-state index contributed by atoms with van der Waals surface area (Å²) < 4.78 is 5.17. The first-order valence-electron chi connectivity index (χ1n) is 5.84. The molecular formula is C13H14N2O2S. The number of ether oxygens (including phenoxy) is 1. The molecule has 4 nitrogen and oxygen atoms in total. The molecule has 5 heteroatoms. The summed E-state index contributed by atoms with van der Waals surface area (Å²) in [7, 11) is 0. The third kappa shape index (κ3) is 3.31. The van der Waals surface area contributed by atoms with Gasteiger partial charge in [0.25, 0.3) is 0 Å². The van der Waals surface area contributed by atoms with Crippen LogP contribution in [0.5, 0.6) is 0 Å². The van der Waals surface area contributed by atoms with Gasteiger partial charge in [0, 0.05) is 18.4 Å². The standard InChI is InChI=1S/C13H14N2O2S/c1-2-6-17-7-8-18-13-14-9-10-11(15-13)4-3-5-12(10)16/h1,9H,3-8H2. The molecule has 1 aliphatic rings. The van der Waals surface area contributed by atoms with Gasteiger partial charge in [0.05, 0.1) is 17.9 Å². The van der Waals surface area contributed by atoms with E-state index in [9.17, 15) is 4.79 Å². The van der Waals surface area contributed by atoms with Gasteiger partial charge in [-0.25, -0.2) is 9.97 Å². The first kappa shape index (κ1) is 13.1. The smallest absolute Gasteiger partial charge is 0.187 e. The highest BCUT2D eigenvalue weighted by Gasteiger charge is 2.19. The average molecular weight is 262 g/mol. The van der Waals surface area contributed by atoms with Crippen molar-refractivity contribution < 1.29 is 9.53 Å². The Morgan fingerprint density at radius 2 is 2.39 bits per heavy atom. The van der Waals surface area contributed by atoms with Crippen LogP contribution in [0.15, 0.2) is 11.4 Å². The number of hydrogen-bond acceptors (Lipinski definition) is 5. The highest BCUT2D eigenvalue weighted by atomic mass is 32.2. The fourth-order valence-corrected chi connectivity index (χ4v) is 2.45. The predicted octanol–water partition coefficient (Wildman–Crippen LogP) is 1.74. The molecule has 2 rings (SSSR count). The maximum absolute atomic E-state index is 11.6. The van der Waals surface area contributed by atoms with Gasteiger partial charge in [0.1, 0.15) is 6.61 Å². The van der Waals surface area contributed by atoms with Crippen LogP contribution in [0.4, 0.5) is 0 Å². The highest BCUT2D eigenvalue weighted by Crippen LogP contribution is 2.21. The lowest BCUT2D eigenvalue weighted by molar-refractivity contribution is 0.0970. The lowest BCUT2D eigenvalue weighted by Crippen LogP contribution is -2.13. The quantitative estimate of drug-likeness (QED) is 0.350. The number of thioether (sulfide) groups is 1. The van der Waals surface area contributed by atoms with Gasteiger partial charge in [-0.2, -0.15) is 0 Å². The summed E-state index contributed by atoms with van der Waals surface area (Å²) in [5.74, 6) is 3.33. The minimum Gasteiger partial charge on any atom is -0.368 e. The van der Waals surface area contributed by atoms with Crippen LogP contribution in [-0.4, -0.2) is 34.7 Å². The van der Waals surface area contributed by atoms with Gasteiger partial charge >= 0.3 is 0 Å². The first-order chi connectivity index (χ1) is 8.81. The molecule has 0 spiro atoms. The fraction of sp³-hybridized carbons (Fsp3) is 0.462. The van der Waals surface area contributed by atoms with Crippen LogP contribution in [0.2, 0.25) is 0 Å². The van der Waals surface area contributed by atoms with E-state index in [0.717, 1.165) is 24.3 Å². The second-order valence-corrected chi connectivity index (χ2v) is 4.96. The monoisotopic (exact) mass is 262 g/mol. The van der Waals surface area contributed by atoms with E-state index in [1.54, 1.807) is 6.20 Å². The molecule has 0 saturated carbocycles. The van der Waals surface area contributed by atoms with Gasteiger partial charge in [-0.15, -0.1) is 6.42 Å². The zero-order valence-electron chi connectivity index (χ0n) is 10.0. The molecule has 1 aromatic heterocycles. The molecule has 1 aromatic rings. The summed E-state index contributed by atoms with van der Waals surface area (Å²) in [6.07, 6.45) is 9.09. The molecule has 1 aliphatic carbocycles. The zero-order chi connectivity index (χ0) is 12.8. The van der Waals surface area contributed by atoms with Crippen LogP contribution in [0.3, 0.4) is 0 Å². The van der Waals surface area contributed by atoms with Gasteiger partial charge in [-0.05, 0) is 12.8 Å². The van der Waals surface area contributed by atoms with E-state index >= 15 is 0 Å². The Kier molecular flexibility index (Phi) is 4.73. The number of terminal acetylenes is 1. The van der Waals surface area contributed by atoms with E-state index in [0.29, 0.717) is 30.4 Å². The van der Waals surface area contributed by atoms with Crippen molar-refractivity contribution in [2.24, 2.45) is 0 Å². The summed E-state index contributed by atoms with van der Waals surface area (Å²) in [4.78, 5) is 20.2. The van der Waals surface area contributed by atoms with E-state index in [4.69, 9.17) is 11.2 Å². The Morgan fingerprint density at radius 3 is 3.22 bits per heavy atom. The Bertz CT molecular complexity index is 482. The summed E-state index contributed by atoms with van der Waals surface area (Å²) in [5.41, 5.74) is 1.57. The number of fused-ring (bicyclic) bond motifs is 1. The SMILES string of the molecule is C#CCOCCSc1ncc2c(n1)CCCC2=O. The number of ketones is 1. The van der Waals surface area contributed by atoms with Crippen LogP contribution in [0.25, 0.3) is 0 Å². The molecule has 18 heavy (non-hydrogen) atoms. The molecule has 0 fully saturated rings. The van der Waals surface area contributed by atoms with Crippen molar-refractivity contribution in [3.8, 4) is 12.3 Å². The van der Waals surface area contributed by atoms with Gasteiger partial charge in [-0.3, -0.25) is 4.79 Å². The Hall–Kier alpha value is -1.38. The lowest BCUT2D eigenvalue weighted by atomic mass is 9.96. The van der Waals surface area contributed by atoms with Gasteiger partial charge < -0.3 is 4.74 Å². The number of carbonyl (C=O) groups excluding carboxylic acids is 1. The molecule has 0 atom stereocenters. The van der Waals surface area contributed by atoms with Crippen molar-refractivity contribution in [2.75, 3.05) is 19.0 Å². The van der Waals surface area contributed by atoms with Gasteiger partial charge in [0.15, 0.2) is 10.9 Å². The second kappa shape index (κ2) is 6.53. The lowest BCUT2D eigenvalue weighted by Gasteiger charge is -2.13. The molecule has 1 heterocycles. The van der Waals surface area contributed by atoms with Gasteiger partial charge in [0.2, 0.25) is 0 Å². The Balaban J connectivity index is 1.91. The maximum atomic E-state index is 11.6. The molecule has 0 amide bonds. The third-order valence-corrected chi connectivity index (χ3v) is 3.43. The van der Waals surface area contributed by atoms with E-state index in [1.165, 1.54) is 11.8 Å². The predicted molar refractivity (Wildman–Crippen MR) is 69.7 cm³/mol. The van der Waals surface area contributed by atoms with E-state index < -0.39 is 0 Å². The first-order valence-corrected chi connectivity index (χ1v) is 6.83. The Morgan fingerprint density at radius 1 is 1.50 bits per heavy atom. The summed E-state index contributed by atoms with van der Waals surface area (Å²) in [5, 5.41) is 0.702. The molecule has 94 valence electrons. The van der Waals surface area contributed by atoms with Crippen LogP contribution in [-0.2, 0) is 11.2 Å². The summed E-state index contributed by atoms with van der Waals surface area (Å²) >= 11 is 1.52. The Labute approximate surface area is 111 Å². The van der Waals surface area contributed by atoms with Crippen LogP contribution in [0, 0.1) is 12.3 Å². The molecular weight excluding hydrogens is 248 g/mol. The molecule has 0 aliphatic heterocycles. The number of carbonyl (C=O) groups is 1. The highest BCUT2D eigenvalue weighted by molar-refractivity contribution is 7.99. The summed E-state index contributed by atoms with van der Waals surface area (Å²) in [6.45, 7) is 0.911. The largest absolute Gasteiger partial charge is 0.368 e. The number of rotatable bonds is 5. The van der Waals surface area contributed by atoms with E-state index in [2.05, 4.69) is 15.9 Å². The zero-order valence-corrected chi connectivity index (χ0v) is 10.8. The number of aromatic nitrogens is 2. The minimum atomic E-state index is 0.158. The van der Waals surface area contributed by atoms with Crippen molar-refractivity contribution in [1.82, 2.24) is 9.97 Å². The second-order valence-electron chi connectivity index (χ2n) is 3.89. The summed E-state index contributed by atoms with van der Waals surface area (Å²) in [6, 6.07) is 0. The molecule has 0 radical (unpaired) electrons. The normalized spacial score (nSPS) is 14.1. The molecule has 0 aromatic carbocycles. The van der Waals surface area contributed by atoms with Crippen LogP contribution >= 0.6 is 11.8 Å².